The molecule has 0 unspecified atom stereocenters. The van der Waals surface area contributed by atoms with Crippen LogP contribution in [0.2, 0.25) is 0 Å². The first-order valence-electron chi connectivity index (χ1n) is 22.3. The molecule has 0 saturated carbocycles. The molecular formula is C50H44F8N12. The SMILES string of the molecule is Cc1cn(-c2ccc(/C=C/c3nc4n(n3)CCC[C@@H]4c3cc(F)ccc3C(F)(F)F)nc2C)cn1.Cc1cn(-c2ccc(/C=C/c3nc4n(n3)CCC[C@H]4c3cc(F)ccc3C(F)(F)F)nc2C)cn1. The van der Waals surface area contributed by atoms with E-state index >= 15 is 0 Å². The number of pyridine rings is 2. The third kappa shape index (κ3) is 10.2. The fourth-order valence-corrected chi connectivity index (χ4v) is 8.93. The van der Waals surface area contributed by atoms with Crippen LogP contribution in [0.15, 0.2) is 85.7 Å². The number of fused-ring (bicyclic) bond motifs is 2. The van der Waals surface area contributed by atoms with Gasteiger partial charge in [0.2, 0.25) is 0 Å². The van der Waals surface area contributed by atoms with Gasteiger partial charge in [-0.1, -0.05) is 0 Å². The minimum atomic E-state index is -4.58. The van der Waals surface area contributed by atoms with E-state index in [1.54, 1.807) is 46.3 Å². The number of halogens is 8. The molecule has 10 rings (SSSR count). The Kier molecular flexibility index (Phi) is 12.9. The van der Waals surface area contributed by atoms with Crippen LogP contribution in [-0.2, 0) is 25.4 Å². The molecule has 0 N–H and O–H groups in total. The predicted octanol–water partition coefficient (Wildman–Crippen LogP) is 11.5. The molecule has 0 aliphatic carbocycles. The zero-order valence-electron chi connectivity index (χ0n) is 38.2. The minimum absolute atomic E-state index is 0.107. The summed E-state index contributed by atoms with van der Waals surface area (Å²) in [5.74, 6) is -1.26. The van der Waals surface area contributed by atoms with Crippen LogP contribution >= 0.6 is 0 Å². The second kappa shape index (κ2) is 19.0. The van der Waals surface area contributed by atoms with Crippen LogP contribution in [0.5, 0.6) is 0 Å². The lowest BCUT2D eigenvalue weighted by Crippen LogP contribution is -2.21. The number of alkyl halides is 6. The van der Waals surface area contributed by atoms with E-state index in [-0.39, 0.29) is 11.1 Å². The summed E-state index contributed by atoms with van der Waals surface area (Å²) in [6, 6.07) is 12.8. The summed E-state index contributed by atoms with van der Waals surface area (Å²) in [5, 5.41) is 8.90. The van der Waals surface area contributed by atoms with E-state index in [0.29, 0.717) is 73.5 Å². The van der Waals surface area contributed by atoms with Crippen molar-refractivity contribution in [1.82, 2.24) is 58.6 Å². The predicted molar refractivity (Wildman–Crippen MR) is 245 cm³/mol. The van der Waals surface area contributed by atoms with Crippen LogP contribution < -0.4 is 0 Å². The first-order valence-corrected chi connectivity index (χ1v) is 22.3. The van der Waals surface area contributed by atoms with Crippen LogP contribution in [0.4, 0.5) is 35.1 Å². The van der Waals surface area contributed by atoms with Gasteiger partial charge in [-0.2, -0.15) is 36.5 Å². The third-order valence-electron chi connectivity index (χ3n) is 12.1. The summed E-state index contributed by atoms with van der Waals surface area (Å²) in [7, 11) is 0. The van der Waals surface area contributed by atoms with E-state index in [2.05, 4.69) is 40.1 Å². The number of aryl methyl sites for hydroxylation is 6. The maximum absolute atomic E-state index is 13.9. The Morgan fingerprint density at radius 1 is 0.529 bits per heavy atom. The monoisotopic (exact) mass is 964 g/mol. The van der Waals surface area contributed by atoms with E-state index in [0.717, 1.165) is 70.5 Å². The fourth-order valence-electron chi connectivity index (χ4n) is 8.93. The second-order valence-electron chi connectivity index (χ2n) is 17.1. The van der Waals surface area contributed by atoms with Crippen molar-refractivity contribution >= 4 is 24.3 Å². The number of aromatic nitrogens is 12. The molecule has 0 bridgehead atoms. The number of hydrogen-bond donors (Lipinski definition) is 0. The Balaban J connectivity index is 0.000000174. The highest BCUT2D eigenvalue weighted by Crippen LogP contribution is 2.42. The van der Waals surface area contributed by atoms with E-state index in [4.69, 9.17) is 0 Å². The molecule has 12 nitrogen and oxygen atoms in total. The summed E-state index contributed by atoms with van der Waals surface area (Å²) >= 11 is 0. The molecular weight excluding hydrogens is 921 g/mol. The molecule has 0 fully saturated rings. The lowest BCUT2D eigenvalue weighted by atomic mass is 9.87. The first-order chi connectivity index (χ1) is 33.4. The Morgan fingerprint density at radius 3 is 1.30 bits per heavy atom. The van der Waals surface area contributed by atoms with Gasteiger partial charge in [-0.15, -0.1) is 0 Å². The number of hydrogen-bond acceptors (Lipinski definition) is 8. The molecule has 0 radical (unpaired) electrons. The third-order valence-corrected chi connectivity index (χ3v) is 12.1. The average Bonchev–Trinajstić information content (AvgIpc) is 4.13. The van der Waals surface area contributed by atoms with Gasteiger partial charge in [0.1, 0.15) is 23.3 Å². The molecule has 70 heavy (non-hydrogen) atoms. The minimum Gasteiger partial charge on any atom is -0.304 e. The van der Waals surface area contributed by atoms with Crippen molar-refractivity contribution in [3.63, 3.8) is 0 Å². The quantitative estimate of drug-likeness (QED) is 0.138. The van der Waals surface area contributed by atoms with Gasteiger partial charge in [0.15, 0.2) is 11.6 Å². The van der Waals surface area contributed by atoms with Gasteiger partial charge in [0.05, 0.1) is 69.3 Å². The Bertz CT molecular complexity index is 3050. The molecule has 0 saturated heterocycles. The smallest absolute Gasteiger partial charge is 0.304 e. The molecule has 360 valence electrons. The molecule has 20 heteroatoms. The maximum atomic E-state index is 13.9. The number of rotatable bonds is 8. The highest BCUT2D eigenvalue weighted by Gasteiger charge is 2.39. The van der Waals surface area contributed by atoms with Crippen LogP contribution in [0, 0.1) is 39.3 Å². The van der Waals surface area contributed by atoms with Crippen LogP contribution in [-0.4, -0.2) is 58.6 Å². The molecule has 0 spiro atoms. The Morgan fingerprint density at radius 2 is 0.943 bits per heavy atom. The van der Waals surface area contributed by atoms with Crippen LogP contribution in [0.3, 0.4) is 0 Å². The second-order valence-corrected chi connectivity index (χ2v) is 17.1. The van der Waals surface area contributed by atoms with Gasteiger partial charge in [-0.05, 0) is 149 Å². The van der Waals surface area contributed by atoms with Crippen molar-refractivity contribution in [2.24, 2.45) is 0 Å². The lowest BCUT2D eigenvalue weighted by Gasteiger charge is -2.25. The summed E-state index contributed by atoms with van der Waals surface area (Å²) in [5.41, 5.74) is 4.75. The highest BCUT2D eigenvalue weighted by atomic mass is 19.4. The maximum Gasteiger partial charge on any atom is 0.416 e. The first kappa shape index (κ1) is 47.4. The van der Waals surface area contributed by atoms with Crippen molar-refractivity contribution in [3.8, 4) is 11.4 Å². The molecule has 8 aromatic rings. The molecule has 6 aromatic heterocycles. The standard InChI is InChI=1S/2C25H22F4N6/c2*1-15-13-34(14-30-15)22-9-6-18(31-16(22)2)7-10-23-32-24-19(4-3-11-35(24)33-23)20-12-17(26)5-8-21(20)25(27,28)29/h2*5-10,12-14,19H,3-4,11H2,1-2H3/b2*10-7+/t2*19-/m10/s1. The molecule has 2 aliphatic heterocycles. The number of nitrogens with zero attached hydrogens (tertiary/aromatic N) is 12. The van der Waals surface area contributed by atoms with Crippen LogP contribution in [0.25, 0.3) is 35.7 Å². The number of imidazole rings is 2. The molecule has 8 heterocycles. The van der Waals surface area contributed by atoms with E-state index < -0.39 is 46.9 Å². The van der Waals surface area contributed by atoms with Gasteiger partial charge in [-0.25, -0.2) is 38.1 Å². The molecule has 0 amide bonds. The summed E-state index contributed by atoms with van der Waals surface area (Å²) in [4.78, 5) is 26.7. The molecule has 2 aromatic carbocycles. The van der Waals surface area contributed by atoms with E-state index in [1.807, 2.05) is 73.5 Å². The van der Waals surface area contributed by atoms with Gasteiger partial charge >= 0.3 is 12.4 Å². The molecule has 2 atom stereocenters. The average molecular weight is 965 g/mol. The van der Waals surface area contributed by atoms with E-state index in [9.17, 15) is 35.1 Å². The fraction of sp³-hybridized carbons (Fsp3) is 0.280. The number of benzene rings is 2. The Labute approximate surface area is 396 Å². The van der Waals surface area contributed by atoms with Crippen molar-refractivity contribution < 1.29 is 35.1 Å². The van der Waals surface area contributed by atoms with Gasteiger partial charge < -0.3 is 9.13 Å². The van der Waals surface area contributed by atoms with Crippen molar-refractivity contribution in [2.75, 3.05) is 0 Å². The van der Waals surface area contributed by atoms with Crippen molar-refractivity contribution in [2.45, 2.75) is 90.7 Å². The summed E-state index contributed by atoms with van der Waals surface area (Å²) in [6.07, 6.45) is 7.11. The summed E-state index contributed by atoms with van der Waals surface area (Å²) in [6.45, 7) is 8.71. The van der Waals surface area contributed by atoms with E-state index in [1.165, 1.54) is 0 Å². The van der Waals surface area contributed by atoms with Gasteiger partial charge in [0.25, 0.3) is 0 Å². The topological polar surface area (TPSA) is 123 Å². The van der Waals surface area contributed by atoms with Crippen LogP contribution in [0.1, 0.15) is 117 Å². The highest BCUT2D eigenvalue weighted by molar-refractivity contribution is 5.66. The molecule has 2 aliphatic rings. The largest absolute Gasteiger partial charge is 0.416 e. The normalized spacial score (nSPS) is 16.1. The van der Waals surface area contributed by atoms with Gasteiger partial charge in [0, 0.05) is 37.3 Å². The van der Waals surface area contributed by atoms with Crippen molar-refractivity contribution in [1.29, 1.82) is 0 Å². The zero-order valence-corrected chi connectivity index (χ0v) is 38.2. The Hall–Kier alpha value is -7.64. The summed E-state index contributed by atoms with van der Waals surface area (Å²) < 4.78 is 117. The zero-order chi connectivity index (χ0) is 49.5. The van der Waals surface area contributed by atoms with Crippen molar-refractivity contribution in [3.05, 3.63) is 177 Å². The van der Waals surface area contributed by atoms with Gasteiger partial charge in [-0.3, -0.25) is 9.97 Å². The lowest BCUT2D eigenvalue weighted by molar-refractivity contribution is -0.139.